The normalized spacial score (nSPS) is 24.4. The summed E-state index contributed by atoms with van der Waals surface area (Å²) in [7, 11) is 0. The first-order chi connectivity index (χ1) is 18.8. The summed E-state index contributed by atoms with van der Waals surface area (Å²) < 4.78 is 0. The minimum Gasteiger partial charge on any atom is -0.351 e. The van der Waals surface area contributed by atoms with Gasteiger partial charge in [0.2, 0.25) is 23.6 Å². The Labute approximate surface area is 228 Å². The SMILES string of the molecule is CCC(=O)C[C@@H]1NC(=O)[C@H](Cc2ccccc2)NC(=O)C[C@H](Cc2ccccc2)NC(=O)[C@@H]2CCCN2C1=O. The molecular formula is C30H36N4O5. The van der Waals surface area contributed by atoms with Gasteiger partial charge in [0.05, 0.1) is 0 Å². The average Bonchev–Trinajstić information content (AvgIpc) is 3.42. The van der Waals surface area contributed by atoms with E-state index in [0.29, 0.717) is 25.8 Å². The van der Waals surface area contributed by atoms with E-state index >= 15 is 0 Å². The van der Waals surface area contributed by atoms with Gasteiger partial charge in [-0.1, -0.05) is 67.6 Å². The second kappa shape index (κ2) is 13.2. The van der Waals surface area contributed by atoms with Crippen LogP contribution in [0.1, 0.15) is 50.2 Å². The standard InChI is InChI=1S/C30H36N4O5/c1-2-23(35)19-25-30(39)34-15-9-14-26(34)29(38)31-22(16-20-10-5-3-6-11-20)18-27(36)32-24(28(37)33-25)17-21-12-7-4-8-13-21/h3-8,10-13,22,24-26H,2,9,14-19H2,1H3,(H,31,38)(H,32,36)(H,33,37)/t22-,24-,25-,26-/m0/s1. The maximum absolute atomic E-state index is 13.7. The zero-order chi connectivity index (χ0) is 27.8. The monoisotopic (exact) mass is 532 g/mol. The van der Waals surface area contributed by atoms with E-state index in [-0.39, 0.29) is 43.3 Å². The van der Waals surface area contributed by atoms with Gasteiger partial charge in [-0.3, -0.25) is 24.0 Å². The molecule has 2 aliphatic heterocycles. The number of rotatable bonds is 7. The summed E-state index contributed by atoms with van der Waals surface area (Å²) >= 11 is 0. The van der Waals surface area contributed by atoms with Crippen molar-refractivity contribution < 1.29 is 24.0 Å². The minimum atomic E-state index is -1.12. The molecule has 3 N–H and O–H groups in total. The van der Waals surface area contributed by atoms with E-state index in [1.807, 2.05) is 60.7 Å². The molecule has 0 saturated carbocycles. The molecule has 0 aliphatic carbocycles. The van der Waals surface area contributed by atoms with Gasteiger partial charge >= 0.3 is 0 Å². The van der Waals surface area contributed by atoms with E-state index in [1.54, 1.807) is 6.92 Å². The number of carbonyl (C=O) groups is 5. The molecule has 4 rings (SSSR count). The topological polar surface area (TPSA) is 125 Å². The number of Topliss-reactive ketones (excluding diaryl/α,β-unsaturated/α-hetero) is 1. The van der Waals surface area contributed by atoms with Crippen molar-refractivity contribution in [3.05, 3.63) is 71.8 Å². The zero-order valence-electron chi connectivity index (χ0n) is 22.2. The van der Waals surface area contributed by atoms with Gasteiger partial charge in [-0.2, -0.15) is 0 Å². The van der Waals surface area contributed by atoms with Gasteiger partial charge in [0.25, 0.3) is 0 Å². The van der Waals surface area contributed by atoms with E-state index in [2.05, 4.69) is 16.0 Å². The third kappa shape index (κ3) is 7.52. The number of fused-ring (bicyclic) bond motifs is 1. The molecule has 0 bridgehead atoms. The van der Waals surface area contributed by atoms with Gasteiger partial charge in [-0.25, -0.2) is 0 Å². The van der Waals surface area contributed by atoms with Crippen LogP contribution in [0.15, 0.2) is 60.7 Å². The van der Waals surface area contributed by atoms with Crippen molar-refractivity contribution in [2.75, 3.05) is 6.54 Å². The fraction of sp³-hybridized carbons (Fsp3) is 0.433. The Morgan fingerprint density at radius 2 is 1.46 bits per heavy atom. The van der Waals surface area contributed by atoms with E-state index in [4.69, 9.17) is 0 Å². The van der Waals surface area contributed by atoms with Gasteiger partial charge in [0, 0.05) is 38.3 Å². The van der Waals surface area contributed by atoms with Crippen LogP contribution in [0.25, 0.3) is 0 Å². The van der Waals surface area contributed by atoms with Crippen molar-refractivity contribution >= 4 is 29.4 Å². The molecule has 9 nitrogen and oxygen atoms in total. The Balaban J connectivity index is 1.66. The highest BCUT2D eigenvalue weighted by Gasteiger charge is 2.40. The van der Waals surface area contributed by atoms with Crippen LogP contribution in [0.4, 0.5) is 0 Å². The maximum Gasteiger partial charge on any atom is 0.246 e. The third-order valence-corrected chi connectivity index (χ3v) is 7.32. The third-order valence-electron chi connectivity index (χ3n) is 7.32. The Morgan fingerprint density at radius 3 is 2.10 bits per heavy atom. The number of carbonyl (C=O) groups excluding carboxylic acids is 5. The van der Waals surface area contributed by atoms with E-state index in [0.717, 1.165) is 11.1 Å². The van der Waals surface area contributed by atoms with Gasteiger partial charge in [-0.15, -0.1) is 0 Å². The molecule has 2 aromatic rings. The second-order valence-electron chi connectivity index (χ2n) is 10.3. The molecule has 9 heteroatoms. The lowest BCUT2D eigenvalue weighted by molar-refractivity contribution is -0.142. The molecule has 0 spiro atoms. The van der Waals surface area contributed by atoms with E-state index in [9.17, 15) is 24.0 Å². The number of hydrogen-bond donors (Lipinski definition) is 3. The molecule has 2 aromatic carbocycles. The molecule has 2 heterocycles. The summed E-state index contributed by atoms with van der Waals surface area (Å²) in [6.07, 6.45) is 1.75. The highest BCUT2D eigenvalue weighted by molar-refractivity contribution is 5.97. The number of nitrogens with one attached hydrogen (secondary N) is 3. The van der Waals surface area contributed by atoms with Crippen LogP contribution >= 0.6 is 0 Å². The summed E-state index contributed by atoms with van der Waals surface area (Å²) in [6.45, 7) is 2.06. The first kappa shape index (κ1) is 28.0. The van der Waals surface area contributed by atoms with Crippen LogP contribution in [0.3, 0.4) is 0 Å². The average molecular weight is 533 g/mol. The molecule has 2 saturated heterocycles. The summed E-state index contributed by atoms with van der Waals surface area (Å²) in [5.41, 5.74) is 1.79. The lowest BCUT2D eigenvalue weighted by Crippen LogP contribution is -2.57. The predicted octanol–water partition coefficient (Wildman–Crippen LogP) is 1.69. The molecule has 206 valence electrons. The lowest BCUT2D eigenvalue weighted by atomic mass is 10.0. The van der Waals surface area contributed by atoms with Gasteiger partial charge in [0.1, 0.15) is 23.9 Å². The fourth-order valence-corrected chi connectivity index (χ4v) is 5.25. The molecule has 39 heavy (non-hydrogen) atoms. The largest absolute Gasteiger partial charge is 0.351 e. The molecule has 4 atom stereocenters. The molecular weight excluding hydrogens is 496 g/mol. The summed E-state index contributed by atoms with van der Waals surface area (Å²) in [4.78, 5) is 67.7. The molecule has 0 aromatic heterocycles. The van der Waals surface area contributed by atoms with Crippen molar-refractivity contribution in [3.8, 4) is 0 Å². The minimum absolute atomic E-state index is 0.0301. The Bertz CT molecular complexity index is 1190. The smallest absolute Gasteiger partial charge is 0.246 e. The van der Waals surface area contributed by atoms with E-state index < -0.39 is 36.0 Å². The quantitative estimate of drug-likeness (QED) is 0.501. The molecule has 0 radical (unpaired) electrons. The summed E-state index contributed by atoms with van der Waals surface area (Å²) in [5.74, 6) is -1.89. The lowest BCUT2D eigenvalue weighted by Gasteiger charge is -2.29. The Kier molecular flexibility index (Phi) is 9.46. The van der Waals surface area contributed by atoms with Crippen LogP contribution in [0, 0.1) is 0 Å². The van der Waals surface area contributed by atoms with Crippen LogP contribution in [0.5, 0.6) is 0 Å². The molecule has 2 aliphatic rings. The molecule has 4 amide bonds. The number of amides is 4. The van der Waals surface area contributed by atoms with E-state index in [1.165, 1.54) is 4.90 Å². The number of ketones is 1. The van der Waals surface area contributed by atoms with Crippen molar-refractivity contribution in [2.45, 2.75) is 76.0 Å². The Morgan fingerprint density at radius 1 is 0.821 bits per heavy atom. The van der Waals surface area contributed by atoms with Crippen LogP contribution in [-0.4, -0.2) is 65.0 Å². The van der Waals surface area contributed by atoms with Gasteiger partial charge < -0.3 is 20.9 Å². The molecule has 2 fully saturated rings. The first-order valence-electron chi connectivity index (χ1n) is 13.6. The second-order valence-corrected chi connectivity index (χ2v) is 10.3. The Hall–Kier alpha value is -4.01. The van der Waals surface area contributed by atoms with Crippen LogP contribution < -0.4 is 16.0 Å². The predicted molar refractivity (Wildman–Crippen MR) is 145 cm³/mol. The number of nitrogens with zero attached hydrogens (tertiary/aromatic N) is 1. The number of hydrogen-bond acceptors (Lipinski definition) is 5. The van der Waals surface area contributed by atoms with Gasteiger partial charge in [-0.05, 0) is 30.4 Å². The highest BCUT2D eigenvalue weighted by atomic mass is 16.2. The van der Waals surface area contributed by atoms with Crippen molar-refractivity contribution in [3.63, 3.8) is 0 Å². The summed E-state index contributed by atoms with van der Waals surface area (Å²) in [6, 6.07) is 15.5. The summed E-state index contributed by atoms with van der Waals surface area (Å²) in [5, 5.41) is 8.57. The fourth-order valence-electron chi connectivity index (χ4n) is 5.25. The zero-order valence-corrected chi connectivity index (χ0v) is 22.2. The maximum atomic E-state index is 13.7. The van der Waals surface area contributed by atoms with Crippen LogP contribution in [-0.2, 0) is 36.8 Å². The van der Waals surface area contributed by atoms with Crippen molar-refractivity contribution in [2.24, 2.45) is 0 Å². The van der Waals surface area contributed by atoms with Crippen LogP contribution in [0.2, 0.25) is 0 Å². The first-order valence-corrected chi connectivity index (χ1v) is 13.6. The van der Waals surface area contributed by atoms with Gasteiger partial charge in [0.15, 0.2) is 0 Å². The molecule has 0 unspecified atom stereocenters. The number of benzene rings is 2. The van der Waals surface area contributed by atoms with Crippen molar-refractivity contribution in [1.29, 1.82) is 0 Å². The van der Waals surface area contributed by atoms with Crippen molar-refractivity contribution in [1.82, 2.24) is 20.9 Å². The highest BCUT2D eigenvalue weighted by Crippen LogP contribution is 2.21.